The van der Waals surface area contributed by atoms with E-state index in [1.54, 1.807) is 18.2 Å². The molecule has 2 aromatic carbocycles. The largest absolute Gasteiger partial charge is 0.398 e. The summed E-state index contributed by atoms with van der Waals surface area (Å²) in [6.45, 7) is 0. The number of hydrogen-bond donors (Lipinski definition) is 3. The van der Waals surface area contributed by atoms with Gasteiger partial charge in [0.15, 0.2) is 0 Å². The van der Waals surface area contributed by atoms with Gasteiger partial charge in [0.1, 0.15) is 10.7 Å². The van der Waals surface area contributed by atoms with Crippen LogP contribution in [0, 0.1) is 5.82 Å². The van der Waals surface area contributed by atoms with E-state index in [9.17, 15) is 12.8 Å². The minimum Gasteiger partial charge on any atom is -0.398 e. The topological polar surface area (TPSA) is 84.2 Å². The minimum absolute atomic E-state index is 0.0100. The van der Waals surface area contributed by atoms with Crippen LogP contribution >= 0.6 is 15.9 Å². The van der Waals surface area contributed by atoms with Crippen LogP contribution in [0.25, 0.3) is 0 Å². The fraction of sp³-hybridized carbons (Fsp3) is 0.0769. The van der Waals surface area contributed by atoms with Crippen LogP contribution in [0.5, 0.6) is 0 Å². The number of rotatable bonds is 4. The van der Waals surface area contributed by atoms with Crippen molar-refractivity contribution in [3.63, 3.8) is 0 Å². The molecule has 0 spiro atoms. The number of anilines is 3. The molecule has 0 radical (unpaired) electrons. The number of hydrogen-bond acceptors (Lipinski definition) is 4. The SMILES string of the molecule is CNS(=O)(=O)c1ccc(Nc2ccc(F)c(Br)c2)cc1N. The van der Waals surface area contributed by atoms with Gasteiger partial charge in [0.2, 0.25) is 10.0 Å². The summed E-state index contributed by atoms with van der Waals surface area (Å²) in [5, 5.41) is 3.02. The van der Waals surface area contributed by atoms with E-state index in [2.05, 4.69) is 26.0 Å². The first kappa shape index (κ1) is 15.7. The predicted molar refractivity (Wildman–Crippen MR) is 84.5 cm³/mol. The number of nitrogen functional groups attached to an aromatic ring is 1. The van der Waals surface area contributed by atoms with Crippen LogP contribution in [0.1, 0.15) is 0 Å². The standard InChI is InChI=1S/C13H13BrFN3O2S/c1-17-21(19,20)13-5-3-9(7-12(13)16)18-8-2-4-11(15)10(14)6-8/h2-7,17-18H,16H2,1H3. The molecule has 112 valence electrons. The molecular formula is C13H13BrFN3O2S. The number of halogens is 2. The summed E-state index contributed by atoms with van der Waals surface area (Å²) in [5.74, 6) is -0.365. The van der Waals surface area contributed by atoms with Crippen molar-refractivity contribution in [2.45, 2.75) is 4.90 Å². The van der Waals surface area contributed by atoms with Gasteiger partial charge in [-0.15, -0.1) is 0 Å². The maximum atomic E-state index is 13.2. The molecule has 0 saturated carbocycles. The second-order valence-corrected chi connectivity index (χ2v) is 6.92. The zero-order valence-electron chi connectivity index (χ0n) is 11.0. The van der Waals surface area contributed by atoms with Crippen molar-refractivity contribution in [1.29, 1.82) is 0 Å². The molecule has 5 nitrogen and oxygen atoms in total. The molecule has 21 heavy (non-hydrogen) atoms. The van der Waals surface area contributed by atoms with Gasteiger partial charge < -0.3 is 11.1 Å². The second kappa shape index (κ2) is 6.00. The first-order valence-electron chi connectivity index (χ1n) is 5.88. The quantitative estimate of drug-likeness (QED) is 0.719. The monoisotopic (exact) mass is 373 g/mol. The summed E-state index contributed by atoms with van der Waals surface area (Å²) in [5.41, 5.74) is 7.13. The normalized spacial score (nSPS) is 11.4. The lowest BCUT2D eigenvalue weighted by molar-refractivity contribution is 0.588. The summed E-state index contributed by atoms with van der Waals surface area (Å²) in [4.78, 5) is 0.0100. The zero-order valence-corrected chi connectivity index (χ0v) is 13.4. The number of benzene rings is 2. The predicted octanol–water partition coefficient (Wildman–Crippen LogP) is 2.82. The van der Waals surface area contributed by atoms with Gasteiger partial charge in [-0.25, -0.2) is 17.5 Å². The average Bonchev–Trinajstić information content (AvgIpc) is 2.43. The van der Waals surface area contributed by atoms with Crippen molar-refractivity contribution in [2.24, 2.45) is 0 Å². The van der Waals surface area contributed by atoms with Crippen LogP contribution in [-0.4, -0.2) is 15.5 Å². The maximum Gasteiger partial charge on any atom is 0.242 e. The van der Waals surface area contributed by atoms with Crippen molar-refractivity contribution in [1.82, 2.24) is 4.72 Å². The van der Waals surface area contributed by atoms with Crippen LogP contribution in [-0.2, 0) is 10.0 Å². The zero-order chi connectivity index (χ0) is 15.6. The van der Waals surface area contributed by atoms with Gasteiger partial charge in [0.25, 0.3) is 0 Å². The molecule has 8 heteroatoms. The van der Waals surface area contributed by atoms with Gasteiger partial charge in [-0.1, -0.05) is 0 Å². The van der Waals surface area contributed by atoms with E-state index in [1.165, 1.54) is 25.2 Å². The molecular weight excluding hydrogens is 361 g/mol. The highest BCUT2D eigenvalue weighted by atomic mass is 79.9. The van der Waals surface area contributed by atoms with Gasteiger partial charge in [-0.2, -0.15) is 0 Å². The molecule has 4 N–H and O–H groups in total. The van der Waals surface area contributed by atoms with Crippen LogP contribution in [0.3, 0.4) is 0 Å². The van der Waals surface area contributed by atoms with Gasteiger partial charge in [-0.3, -0.25) is 0 Å². The molecule has 0 heterocycles. The Hall–Kier alpha value is -1.64. The van der Waals surface area contributed by atoms with Gasteiger partial charge in [0.05, 0.1) is 10.2 Å². The van der Waals surface area contributed by atoms with Crippen molar-refractivity contribution < 1.29 is 12.8 Å². The molecule has 0 aliphatic heterocycles. The van der Waals surface area contributed by atoms with Crippen molar-refractivity contribution >= 4 is 43.0 Å². The lowest BCUT2D eigenvalue weighted by atomic mass is 10.2. The van der Waals surface area contributed by atoms with Gasteiger partial charge in [0, 0.05) is 11.4 Å². The first-order chi connectivity index (χ1) is 9.83. The molecule has 0 atom stereocenters. The van der Waals surface area contributed by atoms with Crippen LogP contribution < -0.4 is 15.8 Å². The van der Waals surface area contributed by atoms with Crippen molar-refractivity contribution in [3.8, 4) is 0 Å². The Kier molecular flexibility index (Phi) is 4.50. The molecule has 0 bridgehead atoms. The highest BCUT2D eigenvalue weighted by Crippen LogP contribution is 2.26. The Balaban J connectivity index is 2.30. The third-order valence-electron chi connectivity index (χ3n) is 2.78. The smallest absolute Gasteiger partial charge is 0.242 e. The first-order valence-corrected chi connectivity index (χ1v) is 8.16. The van der Waals surface area contributed by atoms with Gasteiger partial charge in [-0.05, 0) is 59.4 Å². The van der Waals surface area contributed by atoms with E-state index in [1.807, 2.05) is 0 Å². The van der Waals surface area contributed by atoms with Crippen LogP contribution in [0.2, 0.25) is 0 Å². The summed E-state index contributed by atoms with van der Waals surface area (Å²) in [6.07, 6.45) is 0. The van der Waals surface area contributed by atoms with Crippen LogP contribution in [0.15, 0.2) is 45.8 Å². The lowest BCUT2D eigenvalue weighted by Crippen LogP contribution is -2.19. The van der Waals surface area contributed by atoms with E-state index in [0.717, 1.165) is 0 Å². The average molecular weight is 374 g/mol. The second-order valence-electron chi connectivity index (χ2n) is 4.21. The Labute approximate surface area is 130 Å². The van der Waals surface area contributed by atoms with E-state index >= 15 is 0 Å². The number of nitrogens with one attached hydrogen (secondary N) is 2. The third-order valence-corrected chi connectivity index (χ3v) is 4.87. The molecule has 2 rings (SSSR count). The third kappa shape index (κ3) is 3.52. The molecule has 2 aromatic rings. The Bertz CT molecular complexity index is 781. The van der Waals surface area contributed by atoms with Crippen molar-refractivity contribution in [2.75, 3.05) is 18.1 Å². The Morgan fingerprint density at radius 3 is 2.33 bits per heavy atom. The Morgan fingerprint density at radius 1 is 1.14 bits per heavy atom. The molecule has 0 aliphatic rings. The van der Waals surface area contributed by atoms with Gasteiger partial charge >= 0.3 is 0 Å². The molecule has 0 aromatic heterocycles. The lowest BCUT2D eigenvalue weighted by Gasteiger charge is -2.11. The highest BCUT2D eigenvalue weighted by molar-refractivity contribution is 9.10. The Morgan fingerprint density at radius 2 is 1.76 bits per heavy atom. The molecule has 0 saturated heterocycles. The fourth-order valence-corrected chi connectivity index (χ4v) is 2.94. The van der Waals surface area contributed by atoms with E-state index < -0.39 is 10.0 Å². The molecule has 0 unspecified atom stereocenters. The van der Waals surface area contributed by atoms with Crippen LogP contribution in [0.4, 0.5) is 21.5 Å². The molecule has 0 fully saturated rings. The summed E-state index contributed by atoms with van der Waals surface area (Å²) >= 11 is 3.09. The fourth-order valence-electron chi connectivity index (χ4n) is 1.72. The molecule has 0 amide bonds. The van der Waals surface area contributed by atoms with Crippen molar-refractivity contribution in [3.05, 3.63) is 46.7 Å². The number of nitrogens with two attached hydrogens (primary N) is 1. The van der Waals surface area contributed by atoms with E-state index in [0.29, 0.717) is 15.8 Å². The molecule has 0 aliphatic carbocycles. The maximum absolute atomic E-state index is 13.2. The minimum atomic E-state index is -3.59. The summed E-state index contributed by atoms with van der Waals surface area (Å²) in [7, 11) is -2.27. The van der Waals surface area contributed by atoms with E-state index in [-0.39, 0.29) is 16.4 Å². The number of sulfonamides is 1. The highest BCUT2D eigenvalue weighted by Gasteiger charge is 2.15. The van der Waals surface area contributed by atoms with E-state index in [4.69, 9.17) is 5.73 Å². The summed E-state index contributed by atoms with van der Waals surface area (Å²) < 4.78 is 39.1. The summed E-state index contributed by atoms with van der Waals surface area (Å²) in [6, 6.07) is 8.94.